The molecule has 0 aliphatic heterocycles. The average molecular weight is 303 g/mol. The van der Waals surface area contributed by atoms with Crippen LogP contribution in [0.25, 0.3) is 0 Å². The summed E-state index contributed by atoms with van der Waals surface area (Å²) in [6, 6.07) is -0.132. The van der Waals surface area contributed by atoms with Crippen LogP contribution in [0, 0.1) is 5.41 Å². The molecular formula is C15H29NO3S. The Morgan fingerprint density at radius 2 is 1.85 bits per heavy atom. The van der Waals surface area contributed by atoms with E-state index in [4.69, 9.17) is 0 Å². The van der Waals surface area contributed by atoms with Gasteiger partial charge in [-0.2, -0.15) is 0 Å². The van der Waals surface area contributed by atoms with E-state index in [0.717, 1.165) is 25.7 Å². The van der Waals surface area contributed by atoms with Crippen LogP contribution in [0.15, 0.2) is 0 Å². The smallest absolute Gasteiger partial charge is 0.222 e. The minimum absolute atomic E-state index is 0.0785. The van der Waals surface area contributed by atoms with E-state index in [-0.39, 0.29) is 22.6 Å². The van der Waals surface area contributed by atoms with E-state index in [1.165, 1.54) is 6.26 Å². The summed E-state index contributed by atoms with van der Waals surface area (Å²) in [5.41, 5.74) is 0.238. The molecule has 4 nitrogen and oxygen atoms in total. The van der Waals surface area contributed by atoms with Gasteiger partial charge in [-0.05, 0) is 37.5 Å². The number of carbonyl (C=O) groups excluding carboxylic acids is 1. The fourth-order valence-electron chi connectivity index (χ4n) is 2.98. The summed E-state index contributed by atoms with van der Waals surface area (Å²) >= 11 is 0. The summed E-state index contributed by atoms with van der Waals surface area (Å²) in [6.45, 7) is 6.49. The highest BCUT2D eigenvalue weighted by Crippen LogP contribution is 2.29. The van der Waals surface area contributed by atoms with Crippen molar-refractivity contribution in [2.24, 2.45) is 5.41 Å². The molecule has 20 heavy (non-hydrogen) atoms. The van der Waals surface area contributed by atoms with Crippen molar-refractivity contribution in [1.82, 2.24) is 4.90 Å². The van der Waals surface area contributed by atoms with Gasteiger partial charge in [0, 0.05) is 25.8 Å². The molecule has 2 atom stereocenters. The normalized spacial score (nSPS) is 23.9. The molecule has 0 heterocycles. The van der Waals surface area contributed by atoms with E-state index in [0.29, 0.717) is 12.8 Å². The zero-order valence-electron chi connectivity index (χ0n) is 13.5. The first-order valence-corrected chi connectivity index (χ1v) is 9.42. The Hall–Kier alpha value is -0.580. The zero-order chi connectivity index (χ0) is 15.6. The van der Waals surface area contributed by atoms with Crippen molar-refractivity contribution in [3.05, 3.63) is 0 Å². The Kier molecular flexibility index (Phi) is 5.64. The van der Waals surface area contributed by atoms with Crippen LogP contribution in [0.2, 0.25) is 0 Å². The number of sulfone groups is 1. The quantitative estimate of drug-likeness (QED) is 0.784. The summed E-state index contributed by atoms with van der Waals surface area (Å²) < 4.78 is 23.6. The van der Waals surface area contributed by atoms with Gasteiger partial charge in [-0.15, -0.1) is 0 Å². The number of hydrogen-bond acceptors (Lipinski definition) is 3. The van der Waals surface area contributed by atoms with Crippen molar-refractivity contribution < 1.29 is 13.2 Å². The summed E-state index contributed by atoms with van der Waals surface area (Å²) in [5, 5.41) is -0.376. The largest absolute Gasteiger partial charge is 0.341 e. The SMILES string of the molecule is CN(C(=O)CCCC(C)(C)C)[C@H]1CCC[C@H]1S(C)(=O)=O. The minimum Gasteiger partial charge on any atom is -0.341 e. The highest BCUT2D eigenvalue weighted by Gasteiger charge is 2.38. The molecule has 1 rings (SSSR count). The van der Waals surface area contributed by atoms with Gasteiger partial charge in [-0.3, -0.25) is 4.79 Å². The molecule has 0 radical (unpaired) electrons. The molecule has 0 bridgehead atoms. The van der Waals surface area contributed by atoms with Crippen LogP contribution >= 0.6 is 0 Å². The number of rotatable bonds is 5. The Morgan fingerprint density at radius 1 is 1.25 bits per heavy atom. The zero-order valence-corrected chi connectivity index (χ0v) is 14.3. The molecule has 0 spiro atoms. The van der Waals surface area contributed by atoms with Gasteiger partial charge in [0.1, 0.15) is 0 Å². The minimum atomic E-state index is -3.07. The molecule has 1 amide bonds. The Bertz CT molecular complexity index is 437. The van der Waals surface area contributed by atoms with Crippen molar-refractivity contribution in [3.8, 4) is 0 Å². The van der Waals surface area contributed by atoms with Crippen molar-refractivity contribution in [2.75, 3.05) is 13.3 Å². The first-order chi connectivity index (χ1) is 9.02. The van der Waals surface area contributed by atoms with Crippen LogP contribution in [0.3, 0.4) is 0 Å². The monoisotopic (exact) mass is 303 g/mol. The third-order valence-electron chi connectivity index (χ3n) is 4.18. The third-order valence-corrected chi connectivity index (χ3v) is 5.83. The molecule has 0 N–H and O–H groups in total. The van der Waals surface area contributed by atoms with E-state index in [1.54, 1.807) is 11.9 Å². The average Bonchev–Trinajstić information content (AvgIpc) is 2.74. The summed E-state index contributed by atoms with van der Waals surface area (Å²) in [6.07, 6.45) is 6.05. The first-order valence-electron chi connectivity index (χ1n) is 7.47. The van der Waals surface area contributed by atoms with Crippen LogP contribution in [0.5, 0.6) is 0 Å². The lowest BCUT2D eigenvalue weighted by Crippen LogP contribution is -2.44. The molecule has 0 aromatic heterocycles. The second kappa shape index (κ2) is 6.46. The number of hydrogen-bond donors (Lipinski definition) is 0. The predicted molar refractivity (Wildman–Crippen MR) is 82.3 cm³/mol. The molecule has 0 aromatic rings. The van der Waals surface area contributed by atoms with Gasteiger partial charge in [-0.25, -0.2) is 8.42 Å². The Labute approximate surface area is 123 Å². The maximum atomic E-state index is 12.2. The Morgan fingerprint density at radius 3 is 2.35 bits per heavy atom. The highest BCUT2D eigenvalue weighted by molar-refractivity contribution is 7.91. The van der Waals surface area contributed by atoms with Gasteiger partial charge < -0.3 is 4.90 Å². The van der Waals surface area contributed by atoms with Crippen LogP contribution in [0.4, 0.5) is 0 Å². The summed E-state index contributed by atoms with van der Waals surface area (Å²) in [7, 11) is -1.31. The van der Waals surface area contributed by atoms with E-state index in [1.807, 2.05) is 0 Å². The number of amides is 1. The molecule has 1 aliphatic rings. The maximum absolute atomic E-state index is 12.2. The fourth-order valence-corrected chi connectivity index (χ4v) is 4.46. The lowest BCUT2D eigenvalue weighted by molar-refractivity contribution is -0.132. The van der Waals surface area contributed by atoms with Crippen LogP contribution in [-0.2, 0) is 14.6 Å². The molecule has 5 heteroatoms. The molecule has 1 fully saturated rings. The van der Waals surface area contributed by atoms with Gasteiger partial charge in [0.2, 0.25) is 5.91 Å². The van der Waals surface area contributed by atoms with Crippen molar-refractivity contribution in [1.29, 1.82) is 0 Å². The van der Waals surface area contributed by atoms with E-state index in [9.17, 15) is 13.2 Å². The number of carbonyl (C=O) groups is 1. The summed E-state index contributed by atoms with van der Waals surface area (Å²) in [4.78, 5) is 13.9. The lowest BCUT2D eigenvalue weighted by Gasteiger charge is -2.29. The van der Waals surface area contributed by atoms with Gasteiger partial charge in [0.25, 0.3) is 0 Å². The maximum Gasteiger partial charge on any atom is 0.222 e. The fraction of sp³-hybridized carbons (Fsp3) is 0.933. The van der Waals surface area contributed by atoms with Crippen LogP contribution in [-0.4, -0.2) is 43.8 Å². The van der Waals surface area contributed by atoms with Gasteiger partial charge in [-0.1, -0.05) is 20.8 Å². The van der Waals surface area contributed by atoms with Crippen molar-refractivity contribution in [3.63, 3.8) is 0 Å². The van der Waals surface area contributed by atoms with Gasteiger partial charge in [0.05, 0.1) is 5.25 Å². The van der Waals surface area contributed by atoms with Gasteiger partial charge >= 0.3 is 0 Å². The van der Waals surface area contributed by atoms with Crippen molar-refractivity contribution >= 4 is 15.7 Å². The molecule has 1 aliphatic carbocycles. The Balaban J connectivity index is 2.56. The second-order valence-electron chi connectivity index (χ2n) is 7.29. The molecule has 118 valence electrons. The highest BCUT2D eigenvalue weighted by atomic mass is 32.2. The third kappa shape index (κ3) is 5.08. The predicted octanol–water partition coefficient (Wildman–Crippen LogP) is 2.63. The number of nitrogens with zero attached hydrogens (tertiary/aromatic N) is 1. The second-order valence-corrected chi connectivity index (χ2v) is 9.55. The molecule has 1 saturated carbocycles. The van der Waals surface area contributed by atoms with E-state index in [2.05, 4.69) is 20.8 Å². The molecule has 0 aromatic carbocycles. The van der Waals surface area contributed by atoms with Gasteiger partial charge in [0.15, 0.2) is 9.84 Å². The van der Waals surface area contributed by atoms with Crippen LogP contribution < -0.4 is 0 Å². The first kappa shape index (κ1) is 17.5. The van der Waals surface area contributed by atoms with E-state index < -0.39 is 9.84 Å². The van der Waals surface area contributed by atoms with Crippen LogP contribution in [0.1, 0.15) is 59.3 Å². The summed E-state index contributed by atoms with van der Waals surface area (Å²) in [5.74, 6) is 0.0785. The topological polar surface area (TPSA) is 54.5 Å². The molecule has 0 saturated heterocycles. The standard InChI is InChI=1S/C15H29NO3S/c1-15(2,3)11-7-10-14(17)16(4)12-8-6-9-13(12)20(5,18)19/h12-13H,6-11H2,1-5H3/t12-,13+/m0/s1. The lowest BCUT2D eigenvalue weighted by atomic mass is 9.90. The molecule has 0 unspecified atom stereocenters. The molecular weight excluding hydrogens is 274 g/mol. The van der Waals surface area contributed by atoms with Crippen molar-refractivity contribution in [2.45, 2.75) is 70.6 Å². The van der Waals surface area contributed by atoms with E-state index >= 15 is 0 Å².